The van der Waals surface area contributed by atoms with E-state index in [-0.39, 0.29) is 11.1 Å². The highest BCUT2D eigenvalue weighted by Gasteiger charge is 2.11. The molecule has 0 fully saturated rings. The molecule has 3 nitrogen and oxygen atoms in total. The molecule has 0 N–H and O–H groups in total. The highest BCUT2D eigenvalue weighted by Crippen LogP contribution is 2.29. The van der Waals surface area contributed by atoms with Crippen LogP contribution in [0.2, 0.25) is 0 Å². The van der Waals surface area contributed by atoms with Crippen LogP contribution in [-0.4, -0.2) is 4.57 Å². The normalized spacial score (nSPS) is 12.9. The van der Waals surface area contributed by atoms with Crippen LogP contribution in [0.15, 0.2) is 27.4 Å². The van der Waals surface area contributed by atoms with Crippen LogP contribution in [0, 0.1) is 0 Å². The van der Waals surface area contributed by atoms with Gasteiger partial charge in [0.05, 0.1) is 10.9 Å². The van der Waals surface area contributed by atoms with Crippen molar-refractivity contribution in [1.29, 1.82) is 0 Å². The van der Waals surface area contributed by atoms with E-state index in [1.807, 2.05) is 18.2 Å². The van der Waals surface area contributed by atoms with Gasteiger partial charge in [0.1, 0.15) is 0 Å². The lowest BCUT2D eigenvalue weighted by molar-refractivity contribution is 0.527. The summed E-state index contributed by atoms with van der Waals surface area (Å²) in [6, 6.07) is 5.78. The zero-order valence-corrected chi connectivity index (χ0v) is 12.9. The van der Waals surface area contributed by atoms with Crippen LogP contribution in [0.3, 0.4) is 0 Å². The summed E-state index contributed by atoms with van der Waals surface area (Å²) in [5.41, 5.74) is 2.46. The van der Waals surface area contributed by atoms with E-state index in [2.05, 4.69) is 6.92 Å². The number of oxazole rings is 1. The summed E-state index contributed by atoms with van der Waals surface area (Å²) in [6.07, 6.45) is 7.19. The Labute approximate surface area is 124 Å². The number of hydrogen-bond acceptors (Lipinski definition) is 2. The molecule has 0 saturated heterocycles. The molecule has 0 amide bonds. The first-order chi connectivity index (χ1) is 9.63. The fourth-order valence-corrected chi connectivity index (χ4v) is 2.73. The highest BCUT2D eigenvalue weighted by atomic mass is 35.5. The van der Waals surface area contributed by atoms with Crippen molar-refractivity contribution in [3.8, 4) is 0 Å². The Bertz CT molecular complexity index is 614. The van der Waals surface area contributed by atoms with E-state index < -0.39 is 0 Å². The van der Waals surface area contributed by atoms with Crippen molar-refractivity contribution in [1.82, 2.24) is 4.57 Å². The number of fused-ring (bicyclic) bond motifs is 1. The van der Waals surface area contributed by atoms with Gasteiger partial charge in [0.15, 0.2) is 5.58 Å². The van der Waals surface area contributed by atoms with Crippen LogP contribution >= 0.6 is 11.6 Å². The molecule has 1 aromatic carbocycles. The number of halogens is 1. The van der Waals surface area contributed by atoms with Gasteiger partial charge in [0.2, 0.25) is 0 Å². The van der Waals surface area contributed by atoms with E-state index in [1.54, 1.807) is 7.05 Å². The Morgan fingerprint density at radius 3 is 2.75 bits per heavy atom. The monoisotopic (exact) mass is 295 g/mol. The maximum atomic E-state index is 11.5. The first kappa shape index (κ1) is 15.2. The van der Waals surface area contributed by atoms with Gasteiger partial charge in [0, 0.05) is 7.05 Å². The molecule has 0 saturated carbocycles. The van der Waals surface area contributed by atoms with E-state index in [0.29, 0.717) is 5.58 Å². The molecule has 2 aromatic rings. The Kier molecular flexibility index (Phi) is 5.30. The van der Waals surface area contributed by atoms with Gasteiger partial charge in [-0.15, -0.1) is 11.6 Å². The Morgan fingerprint density at radius 2 is 2.00 bits per heavy atom. The summed E-state index contributed by atoms with van der Waals surface area (Å²) >= 11 is 6.44. The van der Waals surface area contributed by atoms with Gasteiger partial charge in [-0.1, -0.05) is 45.1 Å². The lowest BCUT2D eigenvalue weighted by atomic mass is 10.0. The molecule has 1 heterocycles. The Balaban J connectivity index is 1.99. The number of benzene rings is 1. The molecule has 110 valence electrons. The average Bonchev–Trinajstić information content (AvgIpc) is 2.73. The zero-order valence-electron chi connectivity index (χ0n) is 12.2. The summed E-state index contributed by atoms with van der Waals surface area (Å²) < 4.78 is 6.70. The fourth-order valence-electron chi connectivity index (χ4n) is 2.44. The van der Waals surface area contributed by atoms with Gasteiger partial charge >= 0.3 is 5.76 Å². The number of aryl methyl sites for hydroxylation is 1. The maximum absolute atomic E-state index is 11.5. The van der Waals surface area contributed by atoms with E-state index in [9.17, 15) is 4.79 Å². The fraction of sp³-hybridized carbons (Fsp3) is 0.562. The minimum atomic E-state index is -0.331. The minimum Gasteiger partial charge on any atom is -0.408 e. The second-order valence-corrected chi connectivity index (χ2v) is 5.85. The van der Waals surface area contributed by atoms with Crippen molar-refractivity contribution < 1.29 is 4.42 Å². The van der Waals surface area contributed by atoms with Gasteiger partial charge in [-0.2, -0.15) is 0 Å². The van der Waals surface area contributed by atoms with Crippen molar-refractivity contribution in [3.63, 3.8) is 0 Å². The third-order valence-corrected chi connectivity index (χ3v) is 4.21. The lowest BCUT2D eigenvalue weighted by Gasteiger charge is -2.09. The number of hydrogen-bond donors (Lipinski definition) is 0. The Morgan fingerprint density at radius 1 is 1.25 bits per heavy atom. The largest absolute Gasteiger partial charge is 0.419 e. The van der Waals surface area contributed by atoms with Crippen LogP contribution in [0.4, 0.5) is 0 Å². The molecule has 1 unspecified atom stereocenters. The Hall–Kier alpha value is -1.22. The molecule has 2 rings (SSSR count). The van der Waals surface area contributed by atoms with Gasteiger partial charge in [0.25, 0.3) is 0 Å². The topological polar surface area (TPSA) is 35.1 Å². The SMILES string of the molecule is CCCCCCCC(Cl)c1ccc2c(c1)oc(=O)n2C. The van der Waals surface area contributed by atoms with Crippen LogP contribution in [-0.2, 0) is 7.05 Å². The van der Waals surface area contributed by atoms with Crippen molar-refractivity contribution in [2.75, 3.05) is 0 Å². The van der Waals surface area contributed by atoms with E-state index in [1.165, 1.54) is 30.3 Å². The zero-order chi connectivity index (χ0) is 14.5. The van der Waals surface area contributed by atoms with Crippen molar-refractivity contribution in [2.24, 2.45) is 7.05 Å². The molecular formula is C16H22ClNO2. The van der Waals surface area contributed by atoms with Gasteiger partial charge in [-0.3, -0.25) is 4.57 Å². The lowest BCUT2D eigenvalue weighted by Crippen LogP contribution is -2.08. The molecule has 0 aliphatic carbocycles. The number of rotatable bonds is 7. The summed E-state index contributed by atoms with van der Waals surface area (Å²) in [4.78, 5) is 11.5. The predicted molar refractivity (Wildman–Crippen MR) is 83.4 cm³/mol. The molecule has 1 atom stereocenters. The second kappa shape index (κ2) is 6.98. The molecule has 0 spiro atoms. The third kappa shape index (κ3) is 3.45. The molecule has 4 heteroatoms. The number of nitrogens with zero attached hydrogens (tertiary/aromatic N) is 1. The van der Waals surface area contributed by atoms with Crippen LogP contribution in [0.25, 0.3) is 11.1 Å². The maximum Gasteiger partial charge on any atom is 0.419 e. The molecule has 0 aliphatic heterocycles. The molecule has 20 heavy (non-hydrogen) atoms. The van der Waals surface area contributed by atoms with Crippen molar-refractivity contribution in [3.05, 3.63) is 34.3 Å². The minimum absolute atomic E-state index is 0.00784. The summed E-state index contributed by atoms with van der Waals surface area (Å²) in [7, 11) is 1.71. The van der Waals surface area contributed by atoms with Gasteiger partial charge < -0.3 is 4.42 Å². The van der Waals surface area contributed by atoms with Crippen molar-refractivity contribution in [2.45, 2.75) is 50.8 Å². The summed E-state index contributed by atoms with van der Waals surface area (Å²) in [5.74, 6) is -0.331. The van der Waals surface area contributed by atoms with Crippen LogP contribution < -0.4 is 5.76 Å². The van der Waals surface area contributed by atoms with E-state index >= 15 is 0 Å². The smallest absolute Gasteiger partial charge is 0.408 e. The summed E-state index contributed by atoms with van der Waals surface area (Å²) in [5, 5.41) is -0.00784. The van der Waals surface area contributed by atoms with Gasteiger partial charge in [-0.25, -0.2) is 4.79 Å². The average molecular weight is 296 g/mol. The first-order valence-corrected chi connectivity index (χ1v) is 7.80. The predicted octanol–water partition coefficient (Wildman–Crippen LogP) is 4.77. The molecule has 0 aliphatic rings. The number of alkyl halides is 1. The van der Waals surface area contributed by atoms with Crippen molar-refractivity contribution >= 4 is 22.7 Å². The molecule has 1 aromatic heterocycles. The standard InChI is InChI=1S/C16H22ClNO2/c1-3-4-5-6-7-8-13(17)12-9-10-14-15(11-12)20-16(19)18(14)2/h9-11,13H,3-8H2,1-2H3. The second-order valence-electron chi connectivity index (χ2n) is 5.32. The third-order valence-electron chi connectivity index (χ3n) is 3.74. The van der Waals surface area contributed by atoms with E-state index in [4.69, 9.17) is 16.0 Å². The number of unbranched alkanes of at least 4 members (excludes halogenated alkanes) is 4. The number of aromatic nitrogens is 1. The molecule has 0 radical (unpaired) electrons. The van der Waals surface area contributed by atoms with Crippen LogP contribution in [0.1, 0.15) is 56.4 Å². The van der Waals surface area contributed by atoms with E-state index in [0.717, 1.165) is 23.9 Å². The quantitative estimate of drug-likeness (QED) is 0.544. The van der Waals surface area contributed by atoms with Gasteiger partial charge in [-0.05, 0) is 24.1 Å². The molecule has 0 bridgehead atoms. The highest BCUT2D eigenvalue weighted by molar-refractivity contribution is 6.20. The van der Waals surface area contributed by atoms with Crippen LogP contribution in [0.5, 0.6) is 0 Å². The first-order valence-electron chi connectivity index (χ1n) is 7.37. The molecular weight excluding hydrogens is 274 g/mol. The summed E-state index contributed by atoms with van der Waals surface area (Å²) in [6.45, 7) is 2.22.